The van der Waals surface area contributed by atoms with Gasteiger partial charge in [0.2, 0.25) is 5.91 Å². The zero-order chi connectivity index (χ0) is 14.8. The summed E-state index contributed by atoms with van der Waals surface area (Å²) in [5, 5.41) is 9.40. The number of hydrogen-bond acceptors (Lipinski definition) is 5. The fourth-order valence-corrected chi connectivity index (χ4v) is 3.57. The fraction of sp³-hybridized carbons (Fsp3) is 0.786. The molecule has 3 rings (SSSR count). The van der Waals surface area contributed by atoms with Crippen LogP contribution in [-0.4, -0.2) is 69.5 Å². The molecule has 1 saturated carbocycles. The van der Waals surface area contributed by atoms with E-state index in [9.17, 15) is 4.79 Å². The maximum absolute atomic E-state index is 12.2. The van der Waals surface area contributed by atoms with Crippen LogP contribution < -0.4 is 0 Å². The highest BCUT2D eigenvalue weighted by Crippen LogP contribution is 2.36. The van der Waals surface area contributed by atoms with Crippen molar-refractivity contribution in [2.45, 2.75) is 30.3 Å². The molecule has 2 aliphatic rings. The Hall–Kier alpha value is -1.08. The molecular weight excluding hydrogens is 286 g/mol. The third kappa shape index (κ3) is 3.23. The van der Waals surface area contributed by atoms with Crippen molar-refractivity contribution >= 4 is 17.7 Å². The predicted octanol–water partition coefficient (Wildman–Crippen LogP) is 0.949. The molecule has 7 heteroatoms. The third-order valence-corrected chi connectivity index (χ3v) is 5.52. The van der Waals surface area contributed by atoms with E-state index in [2.05, 4.69) is 26.7 Å². The second kappa shape index (κ2) is 6.36. The second-order valence-electron chi connectivity index (χ2n) is 6.00. The van der Waals surface area contributed by atoms with Gasteiger partial charge in [0, 0.05) is 39.1 Å². The number of nitrogens with zero attached hydrogens (tertiary/aromatic N) is 5. The molecule has 1 aromatic rings. The van der Waals surface area contributed by atoms with Crippen molar-refractivity contribution in [2.75, 3.05) is 39.0 Å². The summed E-state index contributed by atoms with van der Waals surface area (Å²) in [6.07, 6.45) is 3.73. The van der Waals surface area contributed by atoms with Crippen LogP contribution in [0.5, 0.6) is 0 Å². The van der Waals surface area contributed by atoms with Gasteiger partial charge in [-0.2, -0.15) is 0 Å². The molecule has 116 valence electrons. The lowest BCUT2D eigenvalue weighted by molar-refractivity contribution is -0.129. The van der Waals surface area contributed by atoms with E-state index in [0.29, 0.717) is 11.7 Å². The molecule has 0 N–H and O–H groups in total. The SMILES string of the molecule is CN1CCN(C(=O)CSc2nnc(C3CCC3)n2C)CC1. The van der Waals surface area contributed by atoms with Crippen molar-refractivity contribution in [2.24, 2.45) is 7.05 Å². The predicted molar refractivity (Wildman–Crippen MR) is 82.4 cm³/mol. The van der Waals surface area contributed by atoms with Crippen LogP contribution in [-0.2, 0) is 11.8 Å². The van der Waals surface area contributed by atoms with Gasteiger partial charge in [-0.25, -0.2) is 0 Å². The van der Waals surface area contributed by atoms with Gasteiger partial charge in [-0.3, -0.25) is 4.79 Å². The number of carbonyl (C=O) groups excluding carboxylic acids is 1. The van der Waals surface area contributed by atoms with Crippen molar-refractivity contribution in [1.82, 2.24) is 24.6 Å². The zero-order valence-corrected chi connectivity index (χ0v) is 13.6. The molecule has 0 unspecified atom stereocenters. The van der Waals surface area contributed by atoms with E-state index in [4.69, 9.17) is 0 Å². The zero-order valence-electron chi connectivity index (χ0n) is 12.8. The Kier molecular flexibility index (Phi) is 4.49. The number of aromatic nitrogens is 3. The molecule has 1 amide bonds. The Bertz CT molecular complexity index is 505. The first-order chi connectivity index (χ1) is 10.1. The molecule has 0 aromatic carbocycles. The largest absolute Gasteiger partial charge is 0.339 e. The van der Waals surface area contributed by atoms with Crippen LogP contribution in [0.25, 0.3) is 0 Å². The van der Waals surface area contributed by atoms with Gasteiger partial charge in [0.15, 0.2) is 5.16 Å². The Labute approximate surface area is 129 Å². The van der Waals surface area contributed by atoms with E-state index in [0.717, 1.165) is 37.2 Å². The summed E-state index contributed by atoms with van der Waals surface area (Å²) in [5.41, 5.74) is 0. The van der Waals surface area contributed by atoms with Crippen LogP contribution >= 0.6 is 11.8 Å². The van der Waals surface area contributed by atoms with Crippen molar-refractivity contribution in [3.63, 3.8) is 0 Å². The lowest BCUT2D eigenvalue weighted by Crippen LogP contribution is -2.47. The minimum Gasteiger partial charge on any atom is -0.339 e. The van der Waals surface area contributed by atoms with Crippen LogP contribution in [0.4, 0.5) is 0 Å². The molecule has 6 nitrogen and oxygen atoms in total. The smallest absolute Gasteiger partial charge is 0.233 e. The molecule has 1 saturated heterocycles. The number of amides is 1. The topological polar surface area (TPSA) is 54.3 Å². The first-order valence-corrected chi connectivity index (χ1v) is 8.62. The van der Waals surface area contributed by atoms with Gasteiger partial charge in [-0.1, -0.05) is 18.2 Å². The van der Waals surface area contributed by atoms with E-state index in [1.54, 1.807) is 0 Å². The standard InChI is InChI=1S/C14H23N5OS/c1-17-6-8-19(9-7-17)12(20)10-21-14-16-15-13(18(14)2)11-4-3-5-11/h11H,3-10H2,1-2H3. The number of likely N-dealkylation sites (N-methyl/N-ethyl adjacent to an activating group) is 1. The highest BCUT2D eigenvalue weighted by Gasteiger charge is 2.26. The average molecular weight is 309 g/mol. The van der Waals surface area contributed by atoms with Gasteiger partial charge in [0.05, 0.1) is 5.75 Å². The molecule has 1 aromatic heterocycles. The molecule has 21 heavy (non-hydrogen) atoms. The molecule has 1 aliphatic carbocycles. The number of hydrogen-bond donors (Lipinski definition) is 0. The first kappa shape index (κ1) is 14.8. The summed E-state index contributed by atoms with van der Waals surface area (Å²) < 4.78 is 2.06. The van der Waals surface area contributed by atoms with Crippen molar-refractivity contribution in [3.8, 4) is 0 Å². The third-order valence-electron chi connectivity index (χ3n) is 4.52. The highest BCUT2D eigenvalue weighted by atomic mass is 32.2. The lowest BCUT2D eigenvalue weighted by Gasteiger charge is -2.32. The summed E-state index contributed by atoms with van der Waals surface area (Å²) in [6.45, 7) is 3.60. The minimum absolute atomic E-state index is 0.210. The first-order valence-electron chi connectivity index (χ1n) is 7.63. The average Bonchev–Trinajstić information content (AvgIpc) is 2.77. The molecule has 1 aliphatic heterocycles. The summed E-state index contributed by atoms with van der Waals surface area (Å²) >= 11 is 1.51. The molecule has 2 fully saturated rings. The Morgan fingerprint density at radius 3 is 2.52 bits per heavy atom. The van der Waals surface area contributed by atoms with Gasteiger partial charge in [-0.05, 0) is 19.9 Å². The fourth-order valence-electron chi connectivity index (χ4n) is 2.75. The van der Waals surface area contributed by atoms with E-state index in [1.165, 1.54) is 31.0 Å². The van der Waals surface area contributed by atoms with Crippen molar-refractivity contribution in [3.05, 3.63) is 5.82 Å². The maximum atomic E-state index is 12.2. The van der Waals surface area contributed by atoms with Gasteiger partial charge in [0.25, 0.3) is 0 Å². The van der Waals surface area contributed by atoms with Crippen LogP contribution in [0.15, 0.2) is 5.16 Å². The van der Waals surface area contributed by atoms with Gasteiger partial charge >= 0.3 is 0 Å². The molecule has 0 atom stereocenters. The lowest BCUT2D eigenvalue weighted by atomic mass is 9.85. The summed E-state index contributed by atoms with van der Waals surface area (Å²) in [6, 6.07) is 0. The summed E-state index contributed by atoms with van der Waals surface area (Å²) in [7, 11) is 4.11. The van der Waals surface area contributed by atoms with Crippen LogP contribution in [0.2, 0.25) is 0 Å². The Balaban J connectivity index is 1.52. The van der Waals surface area contributed by atoms with E-state index < -0.39 is 0 Å². The molecule has 0 bridgehead atoms. The van der Waals surface area contributed by atoms with E-state index in [1.807, 2.05) is 11.9 Å². The van der Waals surface area contributed by atoms with E-state index >= 15 is 0 Å². The van der Waals surface area contributed by atoms with Crippen LogP contribution in [0.1, 0.15) is 31.0 Å². The van der Waals surface area contributed by atoms with Crippen molar-refractivity contribution in [1.29, 1.82) is 0 Å². The normalized spacial score (nSPS) is 20.6. The Morgan fingerprint density at radius 1 is 1.19 bits per heavy atom. The molecule has 0 radical (unpaired) electrons. The highest BCUT2D eigenvalue weighted by molar-refractivity contribution is 7.99. The molecular formula is C14H23N5OS. The molecule has 0 spiro atoms. The summed E-state index contributed by atoms with van der Waals surface area (Å²) in [4.78, 5) is 16.4. The van der Waals surface area contributed by atoms with Gasteiger partial charge < -0.3 is 14.4 Å². The molecule has 2 heterocycles. The van der Waals surface area contributed by atoms with Crippen LogP contribution in [0, 0.1) is 0 Å². The maximum Gasteiger partial charge on any atom is 0.233 e. The minimum atomic E-state index is 0.210. The van der Waals surface area contributed by atoms with Gasteiger partial charge in [-0.15, -0.1) is 10.2 Å². The summed E-state index contributed by atoms with van der Waals surface area (Å²) in [5.74, 6) is 2.32. The number of thioether (sulfide) groups is 1. The van der Waals surface area contributed by atoms with Crippen molar-refractivity contribution < 1.29 is 4.79 Å². The van der Waals surface area contributed by atoms with Gasteiger partial charge in [0.1, 0.15) is 5.82 Å². The number of piperazine rings is 1. The number of rotatable bonds is 4. The number of carbonyl (C=O) groups is 1. The van der Waals surface area contributed by atoms with E-state index in [-0.39, 0.29) is 5.91 Å². The second-order valence-corrected chi connectivity index (χ2v) is 6.94. The van der Waals surface area contributed by atoms with Crippen LogP contribution in [0.3, 0.4) is 0 Å². The Morgan fingerprint density at radius 2 is 1.90 bits per heavy atom. The monoisotopic (exact) mass is 309 g/mol. The quantitative estimate of drug-likeness (QED) is 0.775.